The van der Waals surface area contributed by atoms with Crippen molar-refractivity contribution in [2.75, 3.05) is 17.7 Å². The third kappa shape index (κ3) is 1.79. The van der Waals surface area contributed by atoms with Crippen molar-refractivity contribution in [3.8, 4) is 5.75 Å². The minimum atomic E-state index is -1.20. The molecule has 0 bridgehead atoms. The van der Waals surface area contributed by atoms with Crippen molar-refractivity contribution in [3.63, 3.8) is 0 Å². The first-order chi connectivity index (χ1) is 12.1. The van der Waals surface area contributed by atoms with Gasteiger partial charge in [0.15, 0.2) is 0 Å². The quantitative estimate of drug-likeness (QED) is 0.885. The van der Waals surface area contributed by atoms with Gasteiger partial charge in [-0.25, -0.2) is 0 Å². The van der Waals surface area contributed by atoms with E-state index in [4.69, 9.17) is 4.74 Å². The van der Waals surface area contributed by atoms with Gasteiger partial charge in [-0.1, -0.05) is 12.1 Å². The molecule has 25 heavy (non-hydrogen) atoms. The fraction of sp³-hybridized carbons (Fsp3) is 0.263. The van der Waals surface area contributed by atoms with E-state index in [1.54, 1.807) is 24.1 Å². The van der Waals surface area contributed by atoms with Gasteiger partial charge in [0.1, 0.15) is 5.75 Å². The van der Waals surface area contributed by atoms with Crippen molar-refractivity contribution in [3.05, 3.63) is 53.6 Å². The molecule has 1 aliphatic carbocycles. The van der Waals surface area contributed by atoms with E-state index in [9.17, 15) is 9.59 Å². The van der Waals surface area contributed by atoms with Gasteiger partial charge in [0, 0.05) is 23.4 Å². The van der Waals surface area contributed by atoms with Crippen LogP contribution in [0.3, 0.4) is 0 Å². The van der Waals surface area contributed by atoms with Crippen LogP contribution in [0.25, 0.3) is 0 Å². The average molecular weight is 335 g/mol. The van der Waals surface area contributed by atoms with Gasteiger partial charge >= 0.3 is 0 Å². The number of rotatable bonds is 2. The van der Waals surface area contributed by atoms with E-state index in [0.29, 0.717) is 22.7 Å². The Labute approximate surface area is 144 Å². The fourth-order valence-electron chi connectivity index (χ4n) is 3.86. The summed E-state index contributed by atoms with van der Waals surface area (Å²) in [5.74, 6) is 0.331. The molecule has 1 atom stereocenters. The number of fused-ring (bicyclic) bond motifs is 3. The number of carbonyl (C=O) groups excluding carboxylic acids is 2. The minimum absolute atomic E-state index is 0.0761. The fourth-order valence-corrected chi connectivity index (χ4v) is 3.86. The molecule has 5 rings (SSSR count). The summed E-state index contributed by atoms with van der Waals surface area (Å²) in [7, 11) is 1.59. The minimum Gasteiger partial charge on any atom is -0.497 e. The second kappa shape index (κ2) is 4.75. The number of amides is 2. The number of ether oxygens (including phenoxy) is 1. The molecule has 2 N–H and O–H groups in total. The number of hydrogen-bond acceptors (Lipinski definition) is 4. The summed E-state index contributed by atoms with van der Waals surface area (Å²) in [4.78, 5) is 28.0. The normalized spacial score (nSPS) is 23.8. The lowest BCUT2D eigenvalue weighted by Gasteiger charge is -2.45. The second-order valence-electron chi connectivity index (χ2n) is 6.65. The van der Waals surface area contributed by atoms with Crippen LogP contribution < -0.4 is 15.4 Å². The molecule has 1 unspecified atom stereocenters. The number of hydrogen-bond donors (Lipinski definition) is 2. The highest BCUT2D eigenvalue weighted by Gasteiger charge is 2.59. The number of nitrogens with zero attached hydrogens (tertiary/aromatic N) is 1. The highest BCUT2D eigenvalue weighted by molar-refractivity contribution is 6.14. The molecule has 2 amide bonds. The summed E-state index contributed by atoms with van der Waals surface area (Å²) in [6.07, 6.45) is 1.83. The molecule has 126 valence electrons. The van der Waals surface area contributed by atoms with Crippen LogP contribution in [-0.2, 0) is 10.5 Å². The Morgan fingerprint density at radius 2 is 1.92 bits per heavy atom. The molecule has 2 aromatic rings. The van der Waals surface area contributed by atoms with Crippen LogP contribution in [0, 0.1) is 0 Å². The molecule has 0 aromatic heterocycles. The zero-order valence-corrected chi connectivity index (χ0v) is 13.7. The van der Waals surface area contributed by atoms with Gasteiger partial charge < -0.3 is 20.3 Å². The summed E-state index contributed by atoms with van der Waals surface area (Å²) in [5, 5.41) is 6.29. The predicted molar refractivity (Wildman–Crippen MR) is 92.6 cm³/mol. The van der Waals surface area contributed by atoms with Crippen LogP contribution >= 0.6 is 0 Å². The summed E-state index contributed by atoms with van der Waals surface area (Å²) < 4.78 is 5.26. The van der Waals surface area contributed by atoms with Gasteiger partial charge in [-0.3, -0.25) is 9.59 Å². The Hall–Kier alpha value is -3.02. The van der Waals surface area contributed by atoms with Gasteiger partial charge in [0.2, 0.25) is 5.66 Å². The number of anilines is 2. The SMILES string of the molecule is COc1ccc2c(c1)NC(=O)C21Nc2ccccc2C(=O)N1C1CC1. The van der Waals surface area contributed by atoms with Crippen molar-refractivity contribution in [2.45, 2.75) is 24.5 Å². The molecule has 2 aliphatic heterocycles. The van der Waals surface area contributed by atoms with Gasteiger partial charge in [-0.2, -0.15) is 0 Å². The van der Waals surface area contributed by atoms with Crippen LogP contribution in [0.15, 0.2) is 42.5 Å². The average Bonchev–Trinajstić information content (AvgIpc) is 3.42. The maximum atomic E-state index is 13.2. The van der Waals surface area contributed by atoms with E-state index in [1.807, 2.05) is 30.3 Å². The first-order valence-corrected chi connectivity index (χ1v) is 8.36. The number of carbonyl (C=O) groups is 2. The van der Waals surface area contributed by atoms with Crippen molar-refractivity contribution in [2.24, 2.45) is 0 Å². The molecular formula is C19H17N3O3. The first kappa shape index (κ1) is 14.3. The van der Waals surface area contributed by atoms with Crippen LogP contribution in [0.2, 0.25) is 0 Å². The van der Waals surface area contributed by atoms with E-state index < -0.39 is 5.66 Å². The smallest absolute Gasteiger partial charge is 0.276 e. The van der Waals surface area contributed by atoms with Crippen molar-refractivity contribution in [1.29, 1.82) is 0 Å². The summed E-state index contributed by atoms with van der Waals surface area (Å²) in [6.45, 7) is 0. The Morgan fingerprint density at radius 3 is 2.68 bits per heavy atom. The molecule has 3 aliphatic rings. The second-order valence-corrected chi connectivity index (χ2v) is 6.65. The molecule has 1 saturated carbocycles. The van der Waals surface area contributed by atoms with Crippen LogP contribution in [0.5, 0.6) is 5.75 Å². The van der Waals surface area contributed by atoms with Gasteiger partial charge in [0.05, 0.1) is 18.4 Å². The number of para-hydroxylation sites is 1. The van der Waals surface area contributed by atoms with Gasteiger partial charge in [-0.15, -0.1) is 0 Å². The standard InChI is InChI=1S/C19H17N3O3/c1-25-12-8-9-14-16(10-12)20-18(24)19(14)21-15-5-3-2-4-13(15)17(23)22(19)11-6-7-11/h2-5,8-11,21H,6-7H2,1H3,(H,20,24). The molecular weight excluding hydrogens is 318 g/mol. The largest absolute Gasteiger partial charge is 0.497 e. The van der Waals surface area contributed by atoms with Crippen LogP contribution in [-0.4, -0.2) is 29.9 Å². The van der Waals surface area contributed by atoms with E-state index in [-0.39, 0.29) is 17.9 Å². The summed E-state index contributed by atoms with van der Waals surface area (Å²) in [6, 6.07) is 12.9. The monoisotopic (exact) mass is 335 g/mol. The first-order valence-electron chi connectivity index (χ1n) is 8.36. The molecule has 0 saturated heterocycles. The van der Waals surface area contributed by atoms with E-state index in [2.05, 4.69) is 10.6 Å². The Bertz CT molecular complexity index is 922. The van der Waals surface area contributed by atoms with E-state index in [0.717, 1.165) is 18.4 Å². The Morgan fingerprint density at radius 1 is 1.12 bits per heavy atom. The topological polar surface area (TPSA) is 70.7 Å². The zero-order chi connectivity index (χ0) is 17.2. The lowest BCUT2D eigenvalue weighted by Crippen LogP contribution is -2.62. The van der Waals surface area contributed by atoms with Crippen molar-refractivity contribution in [1.82, 2.24) is 4.90 Å². The van der Waals surface area contributed by atoms with Crippen molar-refractivity contribution < 1.29 is 14.3 Å². The number of nitrogens with one attached hydrogen (secondary N) is 2. The molecule has 6 nitrogen and oxygen atoms in total. The number of benzene rings is 2. The molecule has 1 spiro atoms. The van der Waals surface area contributed by atoms with Crippen molar-refractivity contribution >= 4 is 23.2 Å². The molecule has 0 radical (unpaired) electrons. The molecule has 1 fully saturated rings. The maximum absolute atomic E-state index is 13.2. The highest BCUT2D eigenvalue weighted by Crippen LogP contribution is 2.50. The Balaban J connectivity index is 1.74. The van der Waals surface area contributed by atoms with Crippen LogP contribution in [0.4, 0.5) is 11.4 Å². The van der Waals surface area contributed by atoms with Gasteiger partial charge in [0.25, 0.3) is 11.8 Å². The zero-order valence-electron chi connectivity index (χ0n) is 13.7. The Kier molecular flexibility index (Phi) is 2.72. The van der Waals surface area contributed by atoms with E-state index in [1.165, 1.54) is 0 Å². The molecule has 2 heterocycles. The third-order valence-corrected chi connectivity index (χ3v) is 5.16. The predicted octanol–water partition coefficient (Wildman–Crippen LogP) is 2.53. The number of methoxy groups -OCH3 is 1. The molecule has 2 aromatic carbocycles. The third-order valence-electron chi connectivity index (χ3n) is 5.16. The van der Waals surface area contributed by atoms with Crippen LogP contribution in [0.1, 0.15) is 28.8 Å². The summed E-state index contributed by atoms with van der Waals surface area (Å²) >= 11 is 0. The summed E-state index contributed by atoms with van der Waals surface area (Å²) in [5.41, 5.74) is 1.52. The lowest BCUT2D eigenvalue weighted by atomic mass is 9.92. The molecule has 6 heteroatoms. The van der Waals surface area contributed by atoms with E-state index >= 15 is 0 Å². The lowest BCUT2D eigenvalue weighted by molar-refractivity contribution is -0.125. The van der Waals surface area contributed by atoms with Gasteiger partial charge in [-0.05, 0) is 37.1 Å². The maximum Gasteiger partial charge on any atom is 0.276 e. The highest BCUT2D eigenvalue weighted by atomic mass is 16.5.